The van der Waals surface area contributed by atoms with E-state index in [-0.39, 0.29) is 5.91 Å². The Kier molecular flexibility index (Phi) is 2.62. The van der Waals surface area contributed by atoms with Gasteiger partial charge < -0.3 is 5.32 Å². The van der Waals surface area contributed by atoms with Gasteiger partial charge in [-0.15, -0.1) is 0 Å². The fourth-order valence-corrected chi connectivity index (χ4v) is 3.00. The predicted molar refractivity (Wildman–Crippen MR) is 56.8 cm³/mol. The maximum atomic E-state index is 11.3. The van der Waals surface area contributed by atoms with Crippen molar-refractivity contribution >= 4 is 5.91 Å². The lowest BCUT2D eigenvalue weighted by atomic mass is 9.89. The Balaban J connectivity index is 1.77. The Hall–Kier alpha value is -0.790. The predicted octanol–water partition coefficient (Wildman–Crippen LogP) is 2.11. The van der Waals surface area contributed by atoms with Gasteiger partial charge in [-0.3, -0.25) is 4.79 Å². The van der Waals surface area contributed by atoms with Gasteiger partial charge in [0.2, 0.25) is 5.91 Å². The molecule has 0 aliphatic heterocycles. The maximum absolute atomic E-state index is 11.3. The Morgan fingerprint density at radius 2 is 2.21 bits per heavy atom. The molecule has 2 aliphatic rings. The molecule has 2 bridgehead atoms. The van der Waals surface area contributed by atoms with Crippen LogP contribution in [0.1, 0.15) is 32.6 Å². The van der Waals surface area contributed by atoms with Crippen molar-refractivity contribution in [2.75, 3.05) is 6.54 Å². The molecule has 0 aromatic rings. The SMILES string of the molecule is C=C(C)C(=O)NCC1CC2CCC1C2. The van der Waals surface area contributed by atoms with E-state index in [1.165, 1.54) is 25.7 Å². The Morgan fingerprint density at radius 3 is 2.71 bits per heavy atom. The van der Waals surface area contributed by atoms with Crippen molar-refractivity contribution in [3.05, 3.63) is 12.2 Å². The molecule has 2 rings (SSSR count). The summed E-state index contributed by atoms with van der Waals surface area (Å²) in [5, 5.41) is 2.97. The second-order valence-corrected chi connectivity index (χ2v) is 4.93. The van der Waals surface area contributed by atoms with E-state index in [1.54, 1.807) is 6.92 Å². The highest BCUT2D eigenvalue weighted by molar-refractivity contribution is 5.92. The first kappa shape index (κ1) is 9.75. The van der Waals surface area contributed by atoms with E-state index in [0.29, 0.717) is 5.57 Å². The summed E-state index contributed by atoms with van der Waals surface area (Å²) in [5.74, 6) is 2.63. The van der Waals surface area contributed by atoms with Gasteiger partial charge in [0, 0.05) is 12.1 Å². The molecule has 2 saturated carbocycles. The smallest absolute Gasteiger partial charge is 0.246 e. The average molecular weight is 193 g/mol. The van der Waals surface area contributed by atoms with Crippen molar-refractivity contribution < 1.29 is 4.79 Å². The maximum Gasteiger partial charge on any atom is 0.246 e. The summed E-state index contributed by atoms with van der Waals surface area (Å²) in [7, 11) is 0. The number of nitrogens with one attached hydrogen (secondary N) is 1. The van der Waals surface area contributed by atoms with Gasteiger partial charge in [0.05, 0.1) is 0 Å². The zero-order chi connectivity index (χ0) is 10.1. The third-order valence-electron chi connectivity index (χ3n) is 3.80. The fourth-order valence-electron chi connectivity index (χ4n) is 3.00. The molecule has 2 aliphatic carbocycles. The number of hydrogen-bond donors (Lipinski definition) is 1. The van der Waals surface area contributed by atoms with Crippen LogP contribution in [0.2, 0.25) is 0 Å². The molecule has 1 amide bonds. The van der Waals surface area contributed by atoms with E-state index in [4.69, 9.17) is 0 Å². The molecule has 2 heteroatoms. The third kappa shape index (κ3) is 1.84. The lowest BCUT2D eigenvalue weighted by molar-refractivity contribution is -0.117. The molecule has 2 fully saturated rings. The minimum atomic E-state index is 0.0211. The normalized spacial score (nSPS) is 34.5. The highest BCUT2D eigenvalue weighted by Crippen LogP contribution is 2.47. The minimum Gasteiger partial charge on any atom is -0.352 e. The monoisotopic (exact) mass is 193 g/mol. The quantitative estimate of drug-likeness (QED) is 0.683. The van der Waals surface area contributed by atoms with E-state index in [2.05, 4.69) is 11.9 Å². The van der Waals surface area contributed by atoms with Crippen molar-refractivity contribution in [3.63, 3.8) is 0 Å². The van der Waals surface area contributed by atoms with Gasteiger partial charge in [-0.05, 0) is 43.9 Å². The summed E-state index contributed by atoms with van der Waals surface area (Å²) in [6.45, 7) is 6.26. The second kappa shape index (κ2) is 3.76. The van der Waals surface area contributed by atoms with Crippen molar-refractivity contribution in [1.82, 2.24) is 5.32 Å². The molecule has 2 nitrogen and oxygen atoms in total. The minimum absolute atomic E-state index is 0.0211. The Labute approximate surface area is 85.8 Å². The van der Waals surface area contributed by atoms with Gasteiger partial charge in [-0.25, -0.2) is 0 Å². The van der Waals surface area contributed by atoms with E-state index in [9.17, 15) is 4.79 Å². The van der Waals surface area contributed by atoms with E-state index < -0.39 is 0 Å². The molecule has 14 heavy (non-hydrogen) atoms. The summed E-state index contributed by atoms with van der Waals surface area (Å²) in [6, 6.07) is 0. The molecule has 0 aromatic carbocycles. The van der Waals surface area contributed by atoms with Gasteiger partial charge in [-0.1, -0.05) is 13.0 Å². The lowest BCUT2D eigenvalue weighted by Gasteiger charge is -2.21. The van der Waals surface area contributed by atoms with Gasteiger partial charge in [-0.2, -0.15) is 0 Å². The van der Waals surface area contributed by atoms with Gasteiger partial charge >= 0.3 is 0 Å². The molecule has 3 unspecified atom stereocenters. The third-order valence-corrected chi connectivity index (χ3v) is 3.80. The van der Waals surface area contributed by atoms with Crippen LogP contribution >= 0.6 is 0 Å². The molecule has 0 spiro atoms. The van der Waals surface area contributed by atoms with Gasteiger partial charge in [0.15, 0.2) is 0 Å². The number of rotatable bonds is 3. The van der Waals surface area contributed by atoms with Crippen molar-refractivity contribution in [2.24, 2.45) is 17.8 Å². The molecule has 0 saturated heterocycles. The molecule has 0 heterocycles. The van der Waals surface area contributed by atoms with Crippen molar-refractivity contribution in [2.45, 2.75) is 32.6 Å². The van der Waals surface area contributed by atoms with Crippen LogP contribution in [0.5, 0.6) is 0 Å². The van der Waals surface area contributed by atoms with Crippen LogP contribution in [-0.2, 0) is 4.79 Å². The Morgan fingerprint density at radius 1 is 1.43 bits per heavy atom. The first-order valence-electron chi connectivity index (χ1n) is 5.60. The first-order valence-corrected chi connectivity index (χ1v) is 5.60. The first-order chi connectivity index (χ1) is 6.66. The molecule has 3 atom stereocenters. The van der Waals surface area contributed by atoms with Crippen LogP contribution < -0.4 is 5.32 Å². The molecule has 0 radical (unpaired) electrons. The molecule has 1 N–H and O–H groups in total. The largest absolute Gasteiger partial charge is 0.352 e. The molecule has 78 valence electrons. The van der Waals surface area contributed by atoms with Crippen LogP contribution in [0, 0.1) is 17.8 Å². The van der Waals surface area contributed by atoms with E-state index >= 15 is 0 Å². The summed E-state index contributed by atoms with van der Waals surface area (Å²) in [4.78, 5) is 11.3. The van der Waals surface area contributed by atoms with E-state index in [0.717, 1.165) is 24.3 Å². The van der Waals surface area contributed by atoms with Crippen LogP contribution in [0.25, 0.3) is 0 Å². The second-order valence-electron chi connectivity index (χ2n) is 4.93. The van der Waals surface area contributed by atoms with Crippen molar-refractivity contribution in [1.29, 1.82) is 0 Å². The van der Waals surface area contributed by atoms with Gasteiger partial charge in [0.1, 0.15) is 0 Å². The summed E-state index contributed by atoms with van der Waals surface area (Å²) >= 11 is 0. The highest BCUT2D eigenvalue weighted by atomic mass is 16.1. The molecule has 0 aromatic heterocycles. The van der Waals surface area contributed by atoms with Crippen LogP contribution in [0.15, 0.2) is 12.2 Å². The summed E-state index contributed by atoms with van der Waals surface area (Å²) in [6.07, 6.45) is 5.56. The number of amides is 1. The van der Waals surface area contributed by atoms with Crippen LogP contribution in [0.3, 0.4) is 0 Å². The van der Waals surface area contributed by atoms with Gasteiger partial charge in [0.25, 0.3) is 0 Å². The Bertz CT molecular complexity index is 259. The summed E-state index contributed by atoms with van der Waals surface area (Å²) < 4.78 is 0. The van der Waals surface area contributed by atoms with E-state index in [1.807, 2.05) is 0 Å². The topological polar surface area (TPSA) is 29.1 Å². The number of hydrogen-bond acceptors (Lipinski definition) is 1. The number of carbonyl (C=O) groups is 1. The zero-order valence-corrected chi connectivity index (χ0v) is 8.88. The number of fused-ring (bicyclic) bond motifs is 2. The van der Waals surface area contributed by atoms with Crippen LogP contribution in [0.4, 0.5) is 0 Å². The highest BCUT2D eigenvalue weighted by Gasteiger charge is 2.39. The van der Waals surface area contributed by atoms with Crippen LogP contribution in [-0.4, -0.2) is 12.5 Å². The van der Waals surface area contributed by atoms with Crippen molar-refractivity contribution in [3.8, 4) is 0 Å². The zero-order valence-electron chi connectivity index (χ0n) is 8.88. The number of carbonyl (C=O) groups excluding carboxylic acids is 1. The molecular formula is C12H19NO. The fraction of sp³-hybridized carbons (Fsp3) is 0.750. The summed E-state index contributed by atoms with van der Waals surface area (Å²) in [5.41, 5.74) is 0.619. The lowest BCUT2D eigenvalue weighted by Crippen LogP contribution is -2.31. The average Bonchev–Trinajstić information content (AvgIpc) is 2.74. The molecular weight excluding hydrogens is 174 g/mol. The standard InChI is InChI=1S/C12H19NO/c1-8(2)12(14)13-7-11-6-9-3-4-10(11)5-9/h9-11H,1,3-7H2,2H3,(H,13,14).